The fraction of sp³-hybridized carbons (Fsp3) is 0.480. The molecule has 2 saturated heterocycles. The molecule has 3 atom stereocenters. The summed E-state index contributed by atoms with van der Waals surface area (Å²) in [5, 5.41) is 0. The van der Waals surface area contributed by atoms with Gasteiger partial charge < -0.3 is 9.80 Å². The molecule has 2 aliphatic heterocycles. The number of sulfonamides is 1. The maximum absolute atomic E-state index is 15.7. The van der Waals surface area contributed by atoms with E-state index in [9.17, 15) is 17.6 Å². The van der Waals surface area contributed by atoms with E-state index in [-0.39, 0.29) is 23.7 Å². The van der Waals surface area contributed by atoms with E-state index >= 15 is 4.39 Å². The van der Waals surface area contributed by atoms with Crippen LogP contribution in [0.25, 0.3) is 11.1 Å². The quantitative estimate of drug-likeness (QED) is 0.675. The van der Waals surface area contributed by atoms with Crippen molar-refractivity contribution in [2.75, 3.05) is 26.0 Å². The Morgan fingerprint density at radius 1 is 1.12 bits per heavy atom. The molecular weight excluding hydrogens is 460 g/mol. The van der Waals surface area contributed by atoms with E-state index in [1.54, 1.807) is 23.1 Å². The van der Waals surface area contributed by atoms with Crippen molar-refractivity contribution < 1.29 is 22.0 Å². The molecule has 34 heavy (non-hydrogen) atoms. The van der Waals surface area contributed by atoms with Gasteiger partial charge in [-0.05, 0) is 36.8 Å². The highest BCUT2D eigenvalue weighted by molar-refractivity contribution is 7.88. The minimum absolute atomic E-state index is 0.168. The summed E-state index contributed by atoms with van der Waals surface area (Å²) in [6.45, 7) is 0.263. The van der Waals surface area contributed by atoms with E-state index in [0.717, 1.165) is 24.7 Å². The van der Waals surface area contributed by atoms with Gasteiger partial charge >= 0.3 is 6.03 Å². The second-order valence-corrected chi connectivity index (χ2v) is 11.6. The van der Waals surface area contributed by atoms with Gasteiger partial charge in [-0.25, -0.2) is 26.7 Å². The normalized spacial score (nSPS) is 25.4. The highest BCUT2D eigenvalue weighted by atomic mass is 32.2. The van der Waals surface area contributed by atoms with Gasteiger partial charge in [0, 0.05) is 30.1 Å². The minimum Gasteiger partial charge on any atom is -0.319 e. The number of carbonyl (C=O) groups excluding carboxylic acids is 1. The summed E-state index contributed by atoms with van der Waals surface area (Å²) in [5.41, 5.74) is 1.28. The number of alkyl halides is 1. The number of nitrogens with zero attached hydrogens (tertiary/aromatic N) is 2. The summed E-state index contributed by atoms with van der Waals surface area (Å²) < 4.78 is 56.2. The van der Waals surface area contributed by atoms with Crippen LogP contribution in [0, 0.1) is 11.2 Å². The molecule has 1 saturated carbocycles. The molecule has 2 aromatic rings. The Bertz CT molecular complexity index is 1190. The SMILES string of the molecule is CS(=O)(=O)N[C@@H]1[C@H](Cc2cccc(-c3ccccc3)c2F)N(C(=O)N2CC[C@@H]2CF)CC12CC2. The molecule has 1 N–H and O–H groups in total. The fourth-order valence-corrected chi connectivity index (χ4v) is 6.33. The number of rotatable bonds is 6. The summed E-state index contributed by atoms with van der Waals surface area (Å²) in [4.78, 5) is 16.6. The van der Waals surface area contributed by atoms with Gasteiger partial charge in [-0.2, -0.15) is 0 Å². The standard InChI is InChI=1S/C25H29F2N3O3S/c1-34(32,33)28-23-21(14-18-8-5-9-20(22(18)27)17-6-3-2-4-7-17)30(16-25(23)11-12-25)24(31)29-13-10-19(29)15-26/h2-9,19,21,23,28H,10-16H2,1H3/t19-,21+,23-/m1/s1. The van der Waals surface area contributed by atoms with Gasteiger partial charge in [0.05, 0.1) is 18.3 Å². The van der Waals surface area contributed by atoms with Crippen molar-refractivity contribution in [3.05, 3.63) is 59.9 Å². The van der Waals surface area contributed by atoms with Crippen LogP contribution in [0.3, 0.4) is 0 Å². The molecule has 2 aromatic carbocycles. The number of halogens is 2. The molecule has 182 valence electrons. The van der Waals surface area contributed by atoms with Crippen LogP contribution < -0.4 is 4.72 Å². The number of likely N-dealkylation sites (tertiary alicyclic amines) is 2. The van der Waals surface area contributed by atoms with Crippen molar-refractivity contribution in [1.29, 1.82) is 0 Å². The number of benzene rings is 2. The van der Waals surface area contributed by atoms with Gasteiger partial charge in [0.2, 0.25) is 10.0 Å². The Labute approximate surface area is 199 Å². The molecule has 9 heteroatoms. The zero-order valence-electron chi connectivity index (χ0n) is 19.1. The Kier molecular flexibility index (Phi) is 5.88. The van der Waals surface area contributed by atoms with Crippen LogP contribution in [0.15, 0.2) is 48.5 Å². The van der Waals surface area contributed by atoms with Crippen LogP contribution in [-0.2, 0) is 16.4 Å². The number of urea groups is 1. The fourth-order valence-electron chi connectivity index (χ4n) is 5.47. The monoisotopic (exact) mass is 489 g/mol. The first-order valence-electron chi connectivity index (χ1n) is 11.7. The van der Waals surface area contributed by atoms with E-state index in [1.165, 1.54) is 4.90 Å². The molecule has 1 aliphatic carbocycles. The summed E-state index contributed by atoms with van der Waals surface area (Å²) in [7, 11) is -3.56. The van der Waals surface area contributed by atoms with Crippen molar-refractivity contribution in [3.63, 3.8) is 0 Å². The zero-order chi connectivity index (χ0) is 24.1. The number of hydrogen-bond acceptors (Lipinski definition) is 3. The molecule has 3 aliphatic rings. The maximum Gasteiger partial charge on any atom is 0.320 e. The van der Waals surface area contributed by atoms with Gasteiger partial charge in [-0.15, -0.1) is 0 Å². The van der Waals surface area contributed by atoms with Gasteiger partial charge in [0.15, 0.2) is 0 Å². The molecule has 2 heterocycles. The largest absolute Gasteiger partial charge is 0.320 e. The molecular formula is C25H29F2N3O3S. The van der Waals surface area contributed by atoms with Gasteiger partial charge in [-0.3, -0.25) is 0 Å². The average Bonchev–Trinajstić information content (AvgIpc) is 3.50. The first kappa shape index (κ1) is 23.2. The first-order chi connectivity index (χ1) is 16.2. The predicted octanol–water partition coefficient (Wildman–Crippen LogP) is 3.58. The second kappa shape index (κ2) is 8.61. The molecule has 2 amide bonds. The maximum atomic E-state index is 15.7. The third-order valence-electron chi connectivity index (χ3n) is 7.57. The lowest BCUT2D eigenvalue weighted by Crippen LogP contribution is -2.59. The van der Waals surface area contributed by atoms with E-state index in [4.69, 9.17) is 0 Å². The summed E-state index contributed by atoms with van der Waals surface area (Å²) in [6.07, 6.45) is 3.47. The van der Waals surface area contributed by atoms with Crippen LogP contribution in [-0.4, -0.2) is 68.4 Å². The molecule has 0 bridgehead atoms. The van der Waals surface area contributed by atoms with Crippen LogP contribution in [0.4, 0.5) is 13.6 Å². The third-order valence-corrected chi connectivity index (χ3v) is 8.25. The second-order valence-electron chi connectivity index (χ2n) is 9.85. The van der Waals surface area contributed by atoms with Crippen LogP contribution in [0.1, 0.15) is 24.8 Å². The Morgan fingerprint density at radius 3 is 2.44 bits per heavy atom. The molecule has 1 spiro atoms. The topological polar surface area (TPSA) is 69.7 Å². The summed E-state index contributed by atoms with van der Waals surface area (Å²) in [5.74, 6) is -0.374. The van der Waals surface area contributed by atoms with Crippen molar-refractivity contribution in [1.82, 2.24) is 14.5 Å². The highest BCUT2D eigenvalue weighted by Gasteiger charge is 2.62. The molecule has 0 aromatic heterocycles. The lowest BCUT2D eigenvalue weighted by molar-refractivity contribution is 0.0671. The lowest BCUT2D eigenvalue weighted by atomic mass is 9.91. The average molecular weight is 490 g/mol. The Hall–Kier alpha value is -2.52. The smallest absolute Gasteiger partial charge is 0.319 e. The lowest BCUT2D eigenvalue weighted by Gasteiger charge is -2.43. The van der Waals surface area contributed by atoms with E-state index < -0.39 is 34.8 Å². The Balaban J connectivity index is 1.50. The number of hydrogen-bond donors (Lipinski definition) is 1. The van der Waals surface area contributed by atoms with Crippen molar-refractivity contribution >= 4 is 16.1 Å². The highest BCUT2D eigenvalue weighted by Crippen LogP contribution is 2.56. The summed E-state index contributed by atoms with van der Waals surface area (Å²) >= 11 is 0. The number of amides is 2. The van der Waals surface area contributed by atoms with E-state index in [0.29, 0.717) is 30.6 Å². The number of nitrogens with one attached hydrogen (secondary N) is 1. The first-order valence-corrected chi connectivity index (χ1v) is 13.5. The minimum atomic E-state index is -3.56. The molecule has 5 rings (SSSR count). The van der Waals surface area contributed by atoms with Crippen LogP contribution in [0.2, 0.25) is 0 Å². The molecule has 6 nitrogen and oxygen atoms in total. The van der Waals surface area contributed by atoms with E-state index in [2.05, 4.69) is 4.72 Å². The van der Waals surface area contributed by atoms with Crippen molar-refractivity contribution in [2.24, 2.45) is 5.41 Å². The third kappa shape index (κ3) is 4.20. The van der Waals surface area contributed by atoms with Crippen LogP contribution >= 0.6 is 0 Å². The van der Waals surface area contributed by atoms with Crippen molar-refractivity contribution in [3.8, 4) is 11.1 Å². The van der Waals surface area contributed by atoms with Crippen molar-refractivity contribution in [2.45, 2.75) is 43.8 Å². The molecule has 3 fully saturated rings. The van der Waals surface area contributed by atoms with Gasteiger partial charge in [0.25, 0.3) is 0 Å². The molecule has 0 unspecified atom stereocenters. The number of carbonyl (C=O) groups is 1. The van der Waals surface area contributed by atoms with Gasteiger partial charge in [0.1, 0.15) is 12.5 Å². The van der Waals surface area contributed by atoms with Crippen LogP contribution in [0.5, 0.6) is 0 Å². The predicted molar refractivity (Wildman–Crippen MR) is 126 cm³/mol. The van der Waals surface area contributed by atoms with Gasteiger partial charge in [-0.1, -0.05) is 48.5 Å². The van der Waals surface area contributed by atoms with E-state index in [1.807, 2.05) is 30.3 Å². The Morgan fingerprint density at radius 2 is 1.85 bits per heavy atom. The molecule has 0 radical (unpaired) electrons. The summed E-state index contributed by atoms with van der Waals surface area (Å²) in [6, 6.07) is 12.6. The zero-order valence-corrected chi connectivity index (χ0v) is 19.9.